The average Bonchev–Trinajstić information content (AvgIpc) is 2.79. The Balaban J connectivity index is 1.95. The molecule has 0 unspecified atom stereocenters. The highest BCUT2D eigenvalue weighted by molar-refractivity contribution is 6.30. The fourth-order valence-corrected chi connectivity index (χ4v) is 2.59. The molecule has 0 aliphatic carbocycles. The van der Waals surface area contributed by atoms with Gasteiger partial charge in [0, 0.05) is 22.8 Å². The molecule has 0 aliphatic rings. The van der Waals surface area contributed by atoms with Crippen molar-refractivity contribution in [3.8, 4) is 6.07 Å². The van der Waals surface area contributed by atoms with Crippen LogP contribution in [0.25, 0.3) is 0 Å². The zero-order valence-corrected chi connectivity index (χ0v) is 14.0. The van der Waals surface area contributed by atoms with Crippen LogP contribution in [0.5, 0.6) is 0 Å². The Morgan fingerprint density at radius 2 is 2.04 bits per heavy atom. The molecule has 23 heavy (non-hydrogen) atoms. The first-order chi connectivity index (χ1) is 11.0. The van der Waals surface area contributed by atoms with E-state index in [0.29, 0.717) is 30.8 Å². The van der Waals surface area contributed by atoms with Crippen LogP contribution in [0.4, 0.5) is 5.69 Å². The molecular formula is C17H19ClN4O. The van der Waals surface area contributed by atoms with Gasteiger partial charge in [0.15, 0.2) is 0 Å². The summed E-state index contributed by atoms with van der Waals surface area (Å²) in [5.74, 6) is -0.0455. The molecule has 1 aromatic carbocycles. The normalized spacial score (nSPS) is 10.3. The molecule has 120 valence electrons. The Morgan fingerprint density at radius 3 is 2.70 bits per heavy atom. The molecule has 0 bridgehead atoms. The molecule has 0 radical (unpaired) electrons. The van der Waals surface area contributed by atoms with E-state index in [-0.39, 0.29) is 5.91 Å². The lowest BCUT2D eigenvalue weighted by molar-refractivity contribution is -0.116. The predicted molar refractivity (Wildman–Crippen MR) is 90.3 cm³/mol. The predicted octanol–water partition coefficient (Wildman–Crippen LogP) is 3.64. The van der Waals surface area contributed by atoms with E-state index < -0.39 is 0 Å². The SMILES string of the molecule is Cc1nn(CCC#N)c(C)c1CCC(=O)Nc1ccc(Cl)cc1. The van der Waals surface area contributed by atoms with E-state index in [1.54, 1.807) is 24.3 Å². The van der Waals surface area contributed by atoms with E-state index in [9.17, 15) is 4.79 Å². The maximum atomic E-state index is 12.1. The standard InChI is InChI=1S/C17H19ClN4O/c1-12-16(13(2)22(21-12)11-3-10-19)8-9-17(23)20-15-6-4-14(18)5-7-15/h4-7H,3,8-9,11H2,1-2H3,(H,20,23). The zero-order valence-electron chi connectivity index (χ0n) is 13.3. The topological polar surface area (TPSA) is 70.7 Å². The van der Waals surface area contributed by atoms with E-state index in [4.69, 9.17) is 16.9 Å². The number of benzene rings is 1. The number of nitrogens with zero attached hydrogens (tertiary/aromatic N) is 3. The van der Waals surface area contributed by atoms with Gasteiger partial charge < -0.3 is 5.32 Å². The van der Waals surface area contributed by atoms with Gasteiger partial charge >= 0.3 is 0 Å². The summed E-state index contributed by atoms with van der Waals surface area (Å²) in [5.41, 5.74) is 3.75. The molecule has 0 saturated heterocycles. The first kappa shape index (κ1) is 17.0. The number of hydrogen-bond donors (Lipinski definition) is 1. The number of rotatable bonds is 6. The van der Waals surface area contributed by atoms with E-state index >= 15 is 0 Å². The summed E-state index contributed by atoms with van der Waals surface area (Å²) in [7, 11) is 0. The largest absolute Gasteiger partial charge is 0.326 e. The van der Waals surface area contributed by atoms with Gasteiger partial charge in [-0.3, -0.25) is 9.48 Å². The summed E-state index contributed by atoms with van der Waals surface area (Å²) in [4.78, 5) is 12.1. The van der Waals surface area contributed by atoms with Crippen LogP contribution in [0, 0.1) is 25.2 Å². The summed E-state index contributed by atoms with van der Waals surface area (Å²) < 4.78 is 1.84. The first-order valence-electron chi connectivity index (χ1n) is 7.46. The number of hydrogen-bond acceptors (Lipinski definition) is 3. The van der Waals surface area contributed by atoms with E-state index in [1.807, 2.05) is 18.5 Å². The van der Waals surface area contributed by atoms with Crippen molar-refractivity contribution >= 4 is 23.2 Å². The summed E-state index contributed by atoms with van der Waals surface area (Å²) in [6, 6.07) is 9.15. The first-order valence-corrected chi connectivity index (χ1v) is 7.84. The number of nitrogens with one attached hydrogen (secondary N) is 1. The third-order valence-electron chi connectivity index (χ3n) is 3.70. The fourth-order valence-electron chi connectivity index (χ4n) is 2.46. The number of aromatic nitrogens is 2. The van der Waals surface area contributed by atoms with Crippen molar-refractivity contribution in [3.63, 3.8) is 0 Å². The monoisotopic (exact) mass is 330 g/mol. The van der Waals surface area contributed by atoms with Crippen LogP contribution in [-0.4, -0.2) is 15.7 Å². The number of carbonyl (C=O) groups is 1. The fraction of sp³-hybridized carbons (Fsp3) is 0.353. The second-order valence-electron chi connectivity index (χ2n) is 5.34. The van der Waals surface area contributed by atoms with Gasteiger partial charge in [0.2, 0.25) is 5.91 Å². The highest BCUT2D eigenvalue weighted by atomic mass is 35.5. The summed E-state index contributed by atoms with van der Waals surface area (Å²) in [6.07, 6.45) is 1.44. The molecule has 2 aromatic rings. The summed E-state index contributed by atoms with van der Waals surface area (Å²) >= 11 is 5.82. The van der Waals surface area contributed by atoms with Gasteiger partial charge in [-0.05, 0) is 50.1 Å². The van der Waals surface area contributed by atoms with Crippen LogP contribution in [0.3, 0.4) is 0 Å². The number of carbonyl (C=O) groups excluding carboxylic acids is 1. The van der Waals surface area contributed by atoms with Gasteiger partial charge in [-0.15, -0.1) is 0 Å². The lowest BCUT2D eigenvalue weighted by Gasteiger charge is -2.06. The number of anilines is 1. The minimum Gasteiger partial charge on any atom is -0.326 e. The molecule has 0 atom stereocenters. The number of nitriles is 1. The van der Waals surface area contributed by atoms with Crippen molar-refractivity contribution in [2.75, 3.05) is 5.32 Å². The van der Waals surface area contributed by atoms with E-state index in [2.05, 4.69) is 16.5 Å². The van der Waals surface area contributed by atoms with Gasteiger partial charge in [0.1, 0.15) is 0 Å². The number of amides is 1. The minimum absolute atomic E-state index is 0.0455. The van der Waals surface area contributed by atoms with E-state index in [0.717, 1.165) is 22.6 Å². The molecule has 0 aliphatic heterocycles. The number of aryl methyl sites for hydroxylation is 2. The second-order valence-corrected chi connectivity index (χ2v) is 5.77. The molecule has 0 fully saturated rings. The highest BCUT2D eigenvalue weighted by Crippen LogP contribution is 2.17. The maximum absolute atomic E-state index is 12.1. The number of halogens is 1. The molecule has 5 nitrogen and oxygen atoms in total. The zero-order chi connectivity index (χ0) is 16.8. The molecule has 1 N–H and O–H groups in total. The van der Waals surface area contributed by atoms with Crippen molar-refractivity contribution in [2.45, 2.75) is 39.7 Å². The molecule has 0 saturated carbocycles. The Kier molecular flexibility index (Phi) is 5.78. The smallest absolute Gasteiger partial charge is 0.224 e. The van der Waals surface area contributed by atoms with Crippen LogP contribution in [0.1, 0.15) is 29.8 Å². The highest BCUT2D eigenvalue weighted by Gasteiger charge is 2.13. The van der Waals surface area contributed by atoms with Crippen LogP contribution in [0.2, 0.25) is 5.02 Å². The molecule has 1 heterocycles. The molecule has 1 amide bonds. The summed E-state index contributed by atoms with van der Waals surface area (Å²) in [6.45, 7) is 4.49. The molecule has 2 rings (SSSR count). The Labute approximate surface area is 140 Å². The van der Waals surface area contributed by atoms with Crippen LogP contribution in [-0.2, 0) is 17.8 Å². The van der Waals surface area contributed by atoms with Crippen LogP contribution < -0.4 is 5.32 Å². The summed E-state index contributed by atoms with van der Waals surface area (Å²) in [5, 5.41) is 16.6. The van der Waals surface area contributed by atoms with Gasteiger partial charge in [-0.25, -0.2) is 0 Å². The third-order valence-corrected chi connectivity index (χ3v) is 3.95. The van der Waals surface area contributed by atoms with Crippen molar-refractivity contribution in [1.29, 1.82) is 5.26 Å². The van der Waals surface area contributed by atoms with Crippen molar-refractivity contribution in [1.82, 2.24) is 9.78 Å². The Hall–Kier alpha value is -2.32. The average molecular weight is 331 g/mol. The van der Waals surface area contributed by atoms with E-state index in [1.165, 1.54) is 0 Å². The molecule has 6 heteroatoms. The van der Waals surface area contributed by atoms with Gasteiger partial charge in [-0.2, -0.15) is 10.4 Å². The van der Waals surface area contributed by atoms with Crippen molar-refractivity contribution < 1.29 is 4.79 Å². The third kappa shape index (κ3) is 4.57. The Bertz CT molecular complexity index is 728. The lowest BCUT2D eigenvalue weighted by Crippen LogP contribution is -2.12. The maximum Gasteiger partial charge on any atom is 0.224 e. The molecule has 1 aromatic heterocycles. The quantitative estimate of drug-likeness (QED) is 0.879. The van der Waals surface area contributed by atoms with Gasteiger partial charge in [0.25, 0.3) is 0 Å². The minimum atomic E-state index is -0.0455. The van der Waals surface area contributed by atoms with Crippen molar-refractivity contribution in [2.24, 2.45) is 0 Å². The molecule has 0 spiro atoms. The Morgan fingerprint density at radius 1 is 1.35 bits per heavy atom. The van der Waals surface area contributed by atoms with Gasteiger partial charge in [0.05, 0.1) is 24.7 Å². The molecular weight excluding hydrogens is 312 g/mol. The van der Waals surface area contributed by atoms with Crippen LogP contribution in [0.15, 0.2) is 24.3 Å². The van der Waals surface area contributed by atoms with Crippen LogP contribution >= 0.6 is 11.6 Å². The van der Waals surface area contributed by atoms with Crippen molar-refractivity contribution in [3.05, 3.63) is 46.2 Å². The second kappa shape index (κ2) is 7.80. The lowest BCUT2D eigenvalue weighted by atomic mass is 10.1. The van der Waals surface area contributed by atoms with Gasteiger partial charge in [-0.1, -0.05) is 11.6 Å².